The number of amides is 1. The van der Waals surface area contributed by atoms with Crippen LogP contribution in [0.3, 0.4) is 0 Å². The Bertz CT molecular complexity index is 1390. The second kappa shape index (κ2) is 7.86. The molecule has 166 valence electrons. The SMILES string of the molecule is Cn1nc2c(c1-c1cc(Cl)cc(Cl)c1)C[C@@H]1CCC[C@H]2N1C(=O)c1ccc2ncccc2c1. The minimum Gasteiger partial charge on any atom is -0.327 e. The van der Waals surface area contributed by atoms with Crippen molar-refractivity contribution < 1.29 is 4.79 Å². The zero-order valence-corrected chi connectivity index (χ0v) is 19.6. The van der Waals surface area contributed by atoms with E-state index >= 15 is 0 Å². The molecule has 0 spiro atoms. The maximum absolute atomic E-state index is 13.8. The van der Waals surface area contributed by atoms with Gasteiger partial charge in [0.1, 0.15) is 0 Å². The van der Waals surface area contributed by atoms with E-state index in [0.29, 0.717) is 15.6 Å². The molecule has 4 aromatic rings. The van der Waals surface area contributed by atoms with E-state index in [1.807, 2.05) is 54.2 Å². The Morgan fingerprint density at radius 1 is 1.06 bits per heavy atom. The van der Waals surface area contributed by atoms with E-state index < -0.39 is 0 Å². The first kappa shape index (κ1) is 20.7. The van der Waals surface area contributed by atoms with Crippen molar-refractivity contribution >= 4 is 40.0 Å². The molecule has 0 N–H and O–H groups in total. The molecule has 4 heterocycles. The maximum Gasteiger partial charge on any atom is 0.254 e. The highest BCUT2D eigenvalue weighted by Crippen LogP contribution is 2.45. The van der Waals surface area contributed by atoms with Crippen molar-refractivity contribution in [2.24, 2.45) is 7.05 Å². The predicted molar refractivity (Wildman–Crippen MR) is 131 cm³/mol. The van der Waals surface area contributed by atoms with Gasteiger partial charge in [-0.25, -0.2) is 0 Å². The number of aryl methyl sites for hydroxylation is 1. The molecule has 1 amide bonds. The first-order chi connectivity index (χ1) is 16.0. The fourth-order valence-electron chi connectivity index (χ4n) is 5.56. The monoisotopic (exact) mass is 476 g/mol. The Labute approximate surface area is 201 Å². The molecule has 33 heavy (non-hydrogen) atoms. The summed E-state index contributed by atoms with van der Waals surface area (Å²) >= 11 is 12.6. The van der Waals surface area contributed by atoms with Gasteiger partial charge in [-0.15, -0.1) is 0 Å². The van der Waals surface area contributed by atoms with Crippen LogP contribution in [0.5, 0.6) is 0 Å². The largest absolute Gasteiger partial charge is 0.327 e. The number of rotatable bonds is 2. The molecular formula is C26H22Cl2N4O. The number of aromatic nitrogens is 3. The van der Waals surface area contributed by atoms with E-state index in [0.717, 1.165) is 53.5 Å². The fourth-order valence-corrected chi connectivity index (χ4v) is 6.08. The van der Waals surface area contributed by atoms with Gasteiger partial charge in [-0.2, -0.15) is 5.10 Å². The number of piperidine rings is 1. The van der Waals surface area contributed by atoms with E-state index in [4.69, 9.17) is 28.3 Å². The van der Waals surface area contributed by atoms with Crippen molar-refractivity contribution in [3.63, 3.8) is 0 Å². The summed E-state index contributed by atoms with van der Waals surface area (Å²) in [7, 11) is 1.95. The molecule has 2 aliphatic heterocycles. The van der Waals surface area contributed by atoms with Crippen molar-refractivity contribution in [3.8, 4) is 11.3 Å². The normalized spacial score (nSPS) is 19.5. The molecule has 0 aliphatic carbocycles. The van der Waals surface area contributed by atoms with E-state index in [1.165, 1.54) is 5.56 Å². The summed E-state index contributed by atoms with van der Waals surface area (Å²) in [6.45, 7) is 0. The van der Waals surface area contributed by atoms with Crippen molar-refractivity contribution in [3.05, 3.63) is 81.6 Å². The van der Waals surface area contributed by atoms with Crippen LogP contribution < -0.4 is 0 Å². The second-order valence-corrected chi connectivity index (χ2v) is 9.79. The van der Waals surface area contributed by atoms with Crippen molar-refractivity contribution in [2.45, 2.75) is 37.8 Å². The third-order valence-corrected chi connectivity index (χ3v) is 7.33. The molecule has 5 nitrogen and oxygen atoms in total. The van der Waals surface area contributed by atoms with Crippen LogP contribution in [0.2, 0.25) is 10.0 Å². The highest BCUT2D eigenvalue weighted by atomic mass is 35.5. The lowest BCUT2D eigenvalue weighted by Gasteiger charge is -2.45. The zero-order chi connectivity index (χ0) is 22.7. The van der Waals surface area contributed by atoms with Crippen LogP contribution in [0.4, 0.5) is 0 Å². The van der Waals surface area contributed by atoms with Crippen LogP contribution in [0.1, 0.15) is 46.9 Å². The Kier molecular flexibility index (Phi) is 4.93. The van der Waals surface area contributed by atoms with Gasteiger partial charge in [-0.3, -0.25) is 14.5 Å². The molecule has 7 heteroatoms. The number of carbonyl (C=O) groups is 1. The highest BCUT2D eigenvalue weighted by molar-refractivity contribution is 6.35. The van der Waals surface area contributed by atoms with Gasteiger partial charge in [0.15, 0.2) is 0 Å². The molecule has 1 saturated heterocycles. The number of hydrogen-bond acceptors (Lipinski definition) is 3. The van der Waals surface area contributed by atoms with E-state index in [1.54, 1.807) is 12.3 Å². The smallest absolute Gasteiger partial charge is 0.254 e. The first-order valence-electron chi connectivity index (χ1n) is 11.2. The lowest BCUT2D eigenvalue weighted by Crippen LogP contribution is -2.49. The third-order valence-electron chi connectivity index (χ3n) is 6.90. The summed E-state index contributed by atoms with van der Waals surface area (Å²) in [5.41, 5.74) is 5.80. The van der Waals surface area contributed by atoms with Gasteiger partial charge >= 0.3 is 0 Å². The third kappa shape index (κ3) is 3.42. The van der Waals surface area contributed by atoms with Gasteiger partial charge < -0.3 is 4.90 Å². The summed E-state index contributed by atoms with van der Waals surface area (Å²) in [6.07, 6.45) is 5.54. The number of benzene rings is 2. The Balaban J connectivity index is 1.42. The van der Waals surface area contributed by atoms with Crippen LogP contribution >= 0.6 is 23.2 Å². The topological polar surface area (TPSA) is 51.0 Å². The average Bonchev–Trinajstić information content (AvgIpc) is 3.13. The number of halogens is 2. The molecule has 2 aromatic carbocycles. The lowest BCUT2D eigenvalue weighted by atomic mass is 9.81. The second-order valence-electron chi connectivity index (χ2n) is 8.92. The van der Waals surface area contributed by atoms with Gasteiger partial charge in [0.05, 0.1) is 22.9 Å². The van der Waals surface area contributed by atoms with Crippen molar-refractivity contribution in [1.82, 2.24) is 19.7 Å². The molecule has 2 aliphatic rings. The number of fused-ring (bicyclic) bond motifs is 5. The first-order valence-corrected chi connectivity index (χ1v) is 11.9. The number of nitrogens with zero attached hydrogens (tertiary/aromatic N) is 4. The Morgan fingerprint density at radius 2 is 1.88 bits per heavy atom. The number of carbonyl (C=O) groups excluding carboxylic acids is 1. The van der Waals surface area contributed by atoms with Crippen LogP contribution in [0.25, 0.3) is 22.2 Å². The Hall–Kier alpha value is -2.89. The quantitative estimate of drug-likeness (QED) is 0.344. The fraction of sp³-hybridized carbons (Fsp3) is 0.269. The van der Waals surface area contributed by atoms with Gasteiger partial charge in [-0.1, -0.05) is 29.3 Å². The minimum atomic E-state index is -0.0285. The molecule has 0 saturated carbocycles. The van der Waals surface area contributed by atoms with Gasteiger partial charge in [0.2, 0.25) is 0 Å². The summed E-state index contributed by atoms with van der Waals surface area (Å²) < 4.78 is 1.91. The van der Waals surface area contributed by atoms with Crippen LogP contribution in [-0.4, -0.2) is 31.6 Å². The molecule has 0 unspecified atom stereocenters. The Morgan fingerprint density at radius 3 is 2.70 bits per heavy atom. The molecule has 6 rings (SSSR count). The summed E-state index contributed by atoms with van der Waals surface area (Å²) in [6, 6.07) is 15.4. The van der Waals surface area contributed by atoms with Crippen LogP contribution in [0.15, 0.2) is 54.7 Å². The van der Waals surface area contributed by atoms with Gasteiger partial charge in [0, 0.05) is 51.4 Å². The summed E-state index contributed by atoms with van der Waals surface area (Å²) in [4.78, 5) is 20.2. The molecule has 2 aromatic heterocycles. The van der Waals surface area contributed by atoms with E-state index in [-0.39, 0.29) is 18.0 Å². The van der Waals surface area contributed by atoms with E-state index in [2.05, 4.69) is 9.88 Å². The highest BCUT2D eigenvalue weighted by Gasteiger charge is 2.43. The minimum absolute atomic E-state index is 0.0285. The number of hydrogen-bond donors (Lipinski definition) is 0. The number of pyridine rings is 1. The van der Waals surface area contributed by atoms with Crippen molar-refractivity contribution in [2.75, 3.05) is 0 Å². The standard InChI is InChI=1S/C26H22Cl2N4O/c1-31-25(17-11-18(27)13-19(28)12-17)21-14-20-5-2-6-23(24(21)30-31)32(20)26(33)16-7-8-22-15(10-16)4-3-9-29-22/h3-4,7-13,20,23H,2,5-6,14H2,1H3/t20-,23+/m0/s1. The predicted octanol–water partition coefficient (Wildman–Crippen LogP) is 6.23. The molecule has 2 atom stereocenters. The van der Waals surface area contributed by atoms with Gasteiger partial charge in [-0.05, 0) is 68.1 Å². The molecule has 2 bridgehead atoms. The van der Waals surface area contributed by atoms with E-state index in [9.17, 15) is 4.79 Å². The molecule has 0 radical (unpaired) electrons. The van der Waals surface area contributed by atoms with Gasteiger partial charge in [0.25, 0.3) is 5.91 Å². The molecular weight excluding hydrogens is 455 g/mol. The average molecular weight is 477 g/mol. The molecule has 1 fully saturated rings. The van der Waals surface area contributed by atoms with Crippen LogP contribution in [-0.2, 0) is 13.5 Å². The van der Waals surface area contributed by atoms with Crippen molar-refractivity contribution in [1.29, 1.82) is 0 Å². The summed E-state index contributed by atoms with van der Waals surface area (Å²) in [5.74, 6) is 0.0686. The maximum atomic E-state index is 13.8. The summed E-state index contributed by atoms with van der Waals surface area (Å²) in [5, 5.41) is 7.09. The lowest BCUT2D eigenvalue weighted by molar-refractivity contribution is 0.0392. The van der Waals surface area contributed by atoms with Crippen LogP contribution in [0, 0.1) is 0 Å². The zero-order valence-electron chi connectivity index (χ0n) is 18.1.